The Hall–Kier alpha value is -0.900. The van der Waals surface area contributed by atoms with Crippen molar-refractivity contribution in [3.05, 3.63) is 35.9 Å². The molecule has 1 aromatic carbocycles. The molecule has 0 aromatic heterocycles. The van der Waals surface area contributed by atoms with E-state index in [1.807, 2.05) is 0 Å². The van der Waals surface area contributed by atoms with Crippen LogP contribution in [0.4, 0.5) is 0 Å². The van der Waals surface area contributed by atoms with E-state index >= 15 is 0 Å². The fourth-order valence-electron chi connectivity index (χ4n) is 2.40. The van der Waals surface area contributed by atoms with Gasteiger partial charge in [-0.1, -0.05) is 30.3 Å². The summed E-state index contributed by atoms with van der Waals surface area (Å²) >= 11 is 0. The molecule has 100 valence electrons. The molecule has 18 heavy (non-hydrogen) atoms. The molecule has 1 aliphatic rings. The summed E-state index contributed by atoms with van der Waals surface area (Å²) < 4.78 is 0. The molecule has 0 amide bonds. The molecule has 0 spiro atoms. The SMILES string of the molecule is CC(N)CCN1CCN(Cc2ccccc2)CC1. The van der Waals surface area contributed by atoms with Gasteiger partial charge in [0, 0.05) is 38.8 Å². The molecular formula is C15H25N3. The zero-order valence-corrected chi connectivity index (χ0v) is 11.4. The maximum absolute atomic E-state index is 5.80. The molecule has 1 unspecified atom stereocenters. The highest BCUT2D eigenvalue weighted by molar-refractivity contribution is 5.14. The molecule has 1 atom stereocenters. The van der Waals surface area contributed by atoms with Gasteiger partial charge in [-0.3, -0.25) is 4.90 Å². The summed E-state index contributed by atoms with van der Waals surface area (Å²) in [6.45, 7) is 9.03. The fourth-order valence-corrected chi connectivity index (χ4v) is 2.40. The summed E-state index contributed by atoms with van der Waals surface area (Å²) in [6.07, 6.45) is 1.11. The summed E-state index contributed by atoms with van der Waals surface area (Å²) in [6, 6.07) is 11.1. The second-order valence-electron chi connectivity index (χ2n) is 5.37. The maximum Gasteiger partial charge on any atom is 0.0234 e. The van der Waals surface area contributed by atoms with Gasteiger partial charge in [0.05, 0.1) is 0 Å². The molecule has 0 bridgehead atoms. The van der Waals surface area contributed by atoms with Crippen molar-refractivity contribution in [1.82, 2.24) is 9.80 Å². The number of piperazine rings is 1. The van der Waals surface area contributed by atoms with Gasteiger partial charge in [-0.05, 0) is 25.5 Å². The van der Waals surface area contributed by atoms with Gasteiger partial charge >= 0.3 is 0 Å². The van der Waals surface area contributed by atoms with Crippen LogP contribution in [0.2, 0.25) is 0 Å². The van der Waals surface area contributed by atoms with Crippen LogP contribution in [0.5, 0.6) is 0 Å². The van der Waals surface area contributed by atoms with Crippen LogP contribution >= 0.6 is 0 Å². The van der Waals surface area contributed by atoms with Crippen molar-refractivity contribution in [2.75, 3.05) is 32.7 Å². The lowest BCUT2D eigenvalue weighted by Gasteiger charge is -2.35. The molecule has 3 heteroatoms. The molecule has 1 heterocycles. The molecular weight excluding hydrogens is 222 g/mol. The van der Waals surface area contributed by atoms with Crippen LogP contribution in [-0.2, 0) is 6.54 Å². The Morgan fingerprint density at radius 3 is 2.28 bits per heavy atom. The van der Waals surface area contributed by atoms with E-state index in [0.717, 1.165) is 19.5 Å². The van der Waals surface area contributed by atoms with Crippen molar-refractivity contribution >= 4 is 0 Å². The Bertz CT molecular complexity index is 329. The molecule has 2 rings (SSSR count). The first-order chi connectivity index (χ1) is 8.74. The van der Waals surface area contributed by atoms with E-state index in [9.17, 15) is 0 Å². The minimum Gasteiger partial charge on any atom is -0.328 e. The molecule has 1 saturated heterocycles. The summed E-state index contributed by atoms with van der Waals surface area (Å²) in [5.74, 6) is 0. The second kappa shape index (κ2) is 6.88. The number of benzene rings is 1. The van der Waals surface area contributed by atoms with E-state index < -0.39 is 0 Å². The highest BCUT2D eigenvalue weighted by Crippen LogP contribution is 2.08. The first-order valence-corrected chi connectivity index (χ1v) is 6.98. The van der Waals surface area contributed by atoms with E-state index in [1.165, 1.54) is 31.7 Å². The standard InChI is InChI=1S/C15H25N3/c1-14(16)7-8-17-9-11-18(12-10-17)13-15-5-3-2-4-6-15/h2-6,14H,7-13,16H2,1H3. The molecule has 0 aliphatic carbocycles. The van der Waals surface area contributed by atoms with Crippen molar-refractivity contribution in [1.29, 1.82) is 0 Å². The van der Waals surface area contributed by atoms with Gasteiger partial charge in [-0.2, -0.15) is 0 Å². The number of rotatable bonds is 5. The van der Waals surface area contributed by atoms with E-state index in [0.29, 0.717) is 6.04 Å². The molecule has 0 saturated carbocycles. The summed E-state index contributed by atoms with van der Waals surface area (Å²) in [7, 11) is 0. The first kappa shape index (κ1) is 13.5. The molecule has 1 fully saturated rings. The average molecular weight is 247 g/mol. The second-order valence-corrected chi connectivity index (χ2v) is 5.37. The largest absolute Gasteiger partial charge is 0.328 e. The molecule has 1 aromatic rings. The van der Waals surface area contributed by atoms with Gasteiger partial charge < -0.3 is 10.6 Å². The normalized spacial score (nSPS) is 19.9. The highest BCUT2D eigenvalue weighted by atomic mass is 15.3. The quantitative estimate of drug-likeness (QED) is 0.856. The molecule has 2 N–H and O–H groups in total. The van der Waals surface area contributed by atoms with Gasteiger partial charge in [0.2, 0.25) is 0 Å². The minimum absolute atomic E-state index is 0.326. The van der Waals surface area contributed by atoms with E-state index in [2.05, 4.69) is 47.1 Å². The van der Waals surface area contributed by atoms with E-state index in [4.69, 9.17) is 5.73 Å². The van der Waals surface area contributed by atoms with Crippen molar-refractivity contribution in [2.45, 2.75) is 25.9 Å². The first-order valence-electron chi connectivity index (χ1n) is 6.98. The topological polar surface area (TPSA) is 32.5 Å². The summed E-state index contributed by atoms with van der Waals surface area (Å²) in [4.78, 5) is 5.07. The summed E-state index contributed by atoms with van der Waals surface area (Å²) in [5, 5.41) is 0. The Morgan fingerprint density at radius 2 is 1.67 bits per heavy atom. The molecule has 3 nitrogen and oxygen atoms in total. The van der Waals surface area contributed by atoms with Crippen LogP contribution in [0.25, 0.3) is 0 Å². The average Bonchev–Trinajstić information content (AvgIpc) is 2.39. The number of hydrogen-bond donors (Lipinski definition) is 1. The lowest BCUT2D eigenvalue weighted by Crippen LogP contribution is -2.46. The Labute approximate surface area is 111 Å². The van der Waals surface area contributed by atoms with Crippen LogP contribution in [0.1, 0.15) is 18.9 Å². The number of nitrogens with two attached hydrogens (primary N) is 1. The lowest BCUT2D eigenvalue weighted by atomic mass is 10.2. The van der Waals surface area contributed by atoms with Crippen LogP contribution in [-0.4, -0.2) is 48.6 Å². The fraction of sp³-hybridized carbons (Fsp3) is 0.600. The zero-order valence-electron chi connectivity index (χ0n) is 11.4. The zero-order chi connectivity index (χ0) is 12.8. The monoisotopic (exact) mass is 247 g/mol. The predicted octanol–water partition coefficient (Wildman–Crippen LogP) is 1.54. The predicted molar refractivity (Wildman–Crippen MR) is 76.4 cm³/mol. The molecule has 1 aliphatic heterocycles. The minimum atomic E-state index is 0.326. The third-order valence-electron chi connectivity index (χ3n) is 3.61. The Balaban J connectivity index is 1.70. The number of hydrogen-bond acceptors (Lipinski definition) is 3. The smallest absolute Gasteiger partial charge is 0.0234 e. The Kier molecular flexibility index (Phi) is 5.17. The third-order valence-corrected chi connectivity index (χ3v) is 3.61. The van der Waals surface area contributed by atoms with E-state index in [1.54, 1.807) is 0 Å². The highest BCUT2D eigenvalue weighted by Gasteiger charge is 2.16. The van der Waals surface area contributed by atoms with Crippen LogP contribution in [0.15, 0.2) is 30.3 Å². The van der Waals surface area contributed by atoms with Crippen LogP contribution in [0.3, 0.4) is 0 Å². The van der Waals surface area contributed by atoms with Gasteiger partial charge in [0.1, 0.15) is 0 Å². The van der Waals surface area contributed by atoms with Gasteiger partial charge in [0.25, 0.3) is 0 Å². The molecule has 0 radical (unpaired) electrons. The van der Waals surface area contributed by atoms with Crippen LogP contribution < -0.4 is 5.73 Å². The Morgan fingerprint density at radius 1 is 1.06 bits per heavy atom. The van der Waals surface area contributed by atoms with Crippen molar-refractivity contribution in [3.63, 3.8) is 0 Å². The van der Waals surface area contributed by atoms with Crippen molar-refractivity contribution < 1.29 is 0 Å². The van der Waals surface area contributed by atoms with Gasteiger partial charge in [-0.25, -0.2) is 0 Å². The number of nitrogens with zero attached hydrogens (tertiary/aromatic N) is 2. The maximum atomic E-state index is 5.80. The van der Waals surface area contributed by atoms with Crippen LogP contribution in [0, 0.1) is 0 Å². The van der Waals surface area contributed by atoms with Crippen molar-refractivity contribution in [2.24, 2.45) is 5.73 Å². The van der Waals surface area contributed by atoms with Gasteiger partial charge in [0.15, 0.2) is 0 Å². The van der Waals surface area contributed by atoms with Crippen molar-refractivity contribution in [3.8, 4) is 0 Å². The summed E-state index contributed by atoms with van der Waals surface area (Å²) in [5.41, 5.74) is 7.22. The van der Waals surface area contributed by atoms with Gasteiger partial charge in [-0.15, -0.1) is 0 Å². The third kappa shape index (κ3) is 4.41. The van der Waals surface area contributed by atoms with E-state index in [-0.39, 0.29) is 0 Å². The lowest BCUT2D eigenvalue weighted by molar-refractivity contribution is 0.125.